The van der Waals surface area contributed by atoms with Crippen LogP contribution in [0.5, 0.6) is 0 Å². The number of aliphatic hydroxyl groups is 1. The lowest BCUT2D eigenvalue weighted by atomic mass is 9.92. The monoisotopic (exact) mass is 397 g/mol. The molecule has 2 N–H and O–H groups in total. The summed E-state index contributed by atoms with van der Waals surface area (Å²) in [7, 11) is 1.33. The molecule has 154 valence electrons. The fourth-order valence-electron chi connectivity index (χ4n) is 3.92. The molecule has 6 heteroatoms. The van der Waals surface area contributed by atoms with Gasteiger partial charge in [-0.25, -0.2) is 9.59 Å². The second-order valence-corrected chi connectivity index (χ2v) is 7.42. The van der Waals surface area contributed by atoms with E-state index < -0.39 is 17.6 Å². The van der Waals surface area contributed by atoms with Crippen LogP contribution in [0.25, 0.3) is 0 Å². The Labute approximate surface area is 170 Å². The smallest absolute Gasteiger partial charge is 0.408 e. The van der Waals surface area contributed by atoms with E-state index in [1.165, 1.54) is 7.11 Å². The van der Waals surface area contributed by atoms with Gasteiger partial charge in [-0.2, -0.15) is 0 Å². The topological polar surface area (TPSA) is 84.9 Å². The summed E-state index contributed by atoms with van der Waals surface area (Å²) in [5.74, 6) is -0.319. The Bertz CT molecular complexity index is 821. The van der Waals surface area contributed by atoms with Crippen molar-refractivity contribution in [2.75, 3.05) is 13.7 Å². The summed E-state index contributed by atoms with van der Waals surface area (Å²) in [6.07, 6.45) is 1.69. The van der Waals surface area contributed by atoms with Gasteiger partial charge in [-0.05, 0) is 48.3 Å². The zero-order valence-corrected chi connectivity index (χ0v) is 16.6. The predicted octanol–water partition coefficient (Wildman–Crippen LogP) is 3.33. The van der Waals surface area contributed by atoms with E-state index in [0.717, 1.165) is 23.1 Å². The molecule has 0 spiro atoms. The molecule has 0 aliphatic heterocycles. The average molecular weight is 397 g/mol. The first-order valence-corrected chi connectivity index (χ1v) is 9.83. The third-order valence-electron chi connectivity index (χ3n) is 5.50. The van der Waals surface area contributed by atoms with Gasteiger partial charge in [0.2, 0.25) is 0 Å². The van der Waals surface area contributed by atoms with Crippen LogP contribution in [0.1, 0.15) is 41.9 Å². The van der Waals surface area contributed by atoms with Gasteiger partial charge in [-0.15, -0.1) is 0 Å². The van der Waals surface area contributed by atoms with Gasteiger partial charge < -0.3 is 19.9 Å². The molecule has 3 rings (SSSR count). The fourth-order valence-corrected chi connectivity index (χ4v) is 3.92. The fraction of sp³-hybridized carbons (Fsp3) is 0.391. The molecular formula is C23H27NO5. The first-order chi connectivity index (χ1) is 14.1. The van der Waals surface area contributed by atoms with Crippen molar-refractivity contribution >= 4 is 12.1 Å². The Kier molecular flexibility index (Phi) is 6.88. The second kappa shape index (κ2) is 9.56. The van der Waals surface area contributed by atoms with Crippen molar-refractivity contribution in [3.63, 3.8) is 0 Å². The Morgan fingerprint density at radius 3 is 2.48 bits per heavy atom. The number of hydrogen-bond donors (Lipinski definition) is 2. The third kappa shape index (κ3) is 5.15. The van der Waals surface area contributed by atoms with Crippen LogP contribution in [0.3, 0.4) is 0 Å². The van der Waals surface area contributed by atoms with E-state index in [0.29, 0.717) is 19.3 Å². The number of hydrogen-bond acceptors (Lipinski definition) is 5. The number of rotatable bonds is 7. The van der Waals surface area contributed by atoms with Crippen LogP contribution < -0.4 is 5.32 Å². The van der Waals surface area contributed by atoms with Crippen LogP contribution in [-0.2, 0) is 27.3 Å². The summed E-state index contributed by atoms with van der Waals surface area (Å²) < 4.78 is 10.3. The highest BCUT2D eigenvalue weighted by Crippen LogP contribution is 2.41. The van der Waals surface area contributed by atoms with Crippen molar-refractivity contribution in [3.8, 4) is 0 Å². The van der Waals surface area contributed by atoms with Crippen LogP contribution >= 0.6 is 0 Å². The maximum absolute atomic E-state index is 12.5. The van der Waals surface area contributed by atoms with E-state index in [9.17, 15) is 9.59 Å². The van der Waals surface area contributed by atoms with E-state index >= 15 is 0 Å². The molecule has 0 unspecified atom stereocenters. The number of amides is 1. The lowest BCUT2D eigenvalue weighted by molar-refractivity contribution is -0.148. The molecule has 1 saturated carbocycles. The lowest BCUT2D eigenvalue weighted by Gasteiger charge is -2.27. The number of aliphatic hydroxyl groups excluding tert-OH is 1. The minimum atomic E-state index is -1.09. The summed E-state index contributed by atoms with van der Waals surface area (Å²) in [4.78, 5) is 24.9. The van der Waals surface area contributed by atoms with Gasteiger partial charge in [-0.1, -0.05) is 54.6 Å². The number of carbonyl (C=O) groups excluding carboxylic acids is 2. The molecule has 0 radical (unpaired) electrons. The Morgan fingerprint density at radius 2 is 1.83 bits per heavy atom. The van der Waals surface area contributed by atoms with Gasteiger partial charge in [0, 0.05) is 6.61 Å². The maximum atomic E-state index is 12.5. The molecule has 2 aromatic rings. The molecule has 0 saturated heterocycles. The number of ether oxygens (including phenoxy) is 2. The van der Waals surface area contributed by atoms with E-state index in [4.69, 9.17) is 14.6 Å². The van der Waals surface area contributed by atoms with Gasteiger partial charge in [0.1, 0.15) is 12.1 Å². The van der Waals surface area contributed by atoms with Gasteiger partial charge in [0.05, 0.1) is 7.11 Å². The predicted molar refractivity (Wildman–Crippen MR) is 108 cm³/mol. The van der Waals surface area contributed by atoms with Crippen LogP contribution in [0.15, 0.2) is 54.6 Å². The Balaban J connectivity index is 1.66. The number of nitrogens with one attached hydrogen (secondary N) is 1. The molecule has 0 bridgehead atoms. The van der Waals surface area contributed by atoms with Crippen molar-refractivity contribution in [1.82, 2.24) is 5.32 Å². The SMILES string of the molecule is COC(=O)[C@@]1(NC(=O)OCc2ccccc2)CC[C@@H](c2ccc(CCO)cc2)C1. The molecule has 29 heavy (non-hydrogen) atoms. The minimum Gasteiger partial charge on any atom is -0.467 e. The number of esters is 1. The van der Waals surface area contributed by atoms with Crippen molar-refractivity contribution in [3.05, 3.63) is 71.3 Å². The number of benzene rings is 2. The number of methoxy groups -OCH3 is 1. The van der Waals surface area contributed by atoms with Gasteiger partial charge in [-0.3, -0.25) is 0 Å². The summed E-state index contributed by atoms with van der Waals surface area (Å²) in [6, 6.07) is 17.4. The van der Waals surface area contributed by atoms with Gasteiger partial charge in [0.25, 0.3) is 0 Å². The van der Waals surface area contributed by atoms with E-state index in [1.807, 2.05) is 54.6 Å². The van der Waals surface area contributed by atoms with Crippen molar-refractivity contribution in [2.24, 2.45) is 0 Å². The van der Waals surface area contributed by atoms with E-state index in [2.05, 4.69) is 5.32 Å². The Morgan fingerprint density at radius 1 is 1.10 bits per heavy atom. The zero-order chi connectivity index (χ0) is 20.7. The minimum absolute atomic E-state index is 0.114. The highest BCUT2D eigenvalue weighted by Gasteiger charge is 2.48. The summed E-state index contributed by atoms with van der Waals surface area (Å²) in [6.45, 7) is 0.253. The number of alkyl carbamates (subject to hydrolysis) is 1. The van der Waals surface area contributed by atoms with Crippen LogP contribution in [0.4, 0.5) is 4.79 Å². The van der Waals surface area contributed by atoms with Crippen LogP contribution in [-0.4, -0.2) is 36.4 Å². The first kappa shape index (κ1) is 20.9. The molecule has 1 fully saturated rings. The van der Waals surface area contributed by atoms with Gasteiger partial charge in [0.15, 0.2) is 0 Å². The standard InChI is InChI=1S/C23H27NO5/c1-28-21(26)23(24-22(27)29-16-18-5-3-2-4-6-18)13-11-20(15-23)19-9-7-17(8-10-19)12-14-25/h2-10,20,25H,11-16H2,1H3,(H,24,27)/t20-,23-/m1/s1. The largest absolute Gasteiger partial charge is 0.467 e. The highest BCUT2D eigenvalue weighted by molar-refractivity contribution is 5.86. The summed E-state index contributed by atoms with van der Waals surface area (Å²) in [5, 5.41) is 11.8. The summed E-state index contributed by atoms with van der Waals surface area (Å²) in [5.41, 5.74) is 1.96. The maximum Gasteiger partial charge on any atom is 0.408 e. The van der Waals surface area contributed by atoms with Crippen molar-refractivity contribution in [1.29, 1.82) is 0 Å². The molecule has 1 amide bonds. The quantitative estimate of drug-likeness (QED) is 0.700. The molecule has 0 aromatic heterocycles. The average Bonchev–Trinajstić information content (AvgIpc) is 3.18. The normalized spacial score (nSPS) is 20.8. The number of carbonyl (C=O) groups is 2. The molecule has 2 atom stereocenters. The third-order valence-corrected chi connectivity index (χ3v) is 5.50. The van der Waals surface area contributed by atoms with Crippen LogP contribution in [0.2, 0.25) is 0 Å². The van der Waals surface area contributed by atoms with E-state index in [-0.39, 0.29) is 19.1 Å². The molecule has 6 nitrogen and oxygen atoms in total. The molecular weight excluding hydrogens is 370 g/mol. The summed E-state index contributed by atoms with van der Waals surface area (Å²) >= 11 is 0. The molecule has 0 heterocycles. The first-order valence-electron chi connectivity index (χ1n) is 9.83. The lowest BCUT2D eigenvalue weighted by Crippen LogP contribution is -2.53. The molecule has 1 aliphatic rings. The van der Waals surface area contributed by atoms with E-state index in [1.54, 1.807) is 0 Å². The van der Waals surface area contributed by atoms with Crippen molar-refractivity contribution < 1.29 is 24.2 Å². The molecule has 1 aliphatic carbocycles. The van der Waals surface area contributed by atoms with Crippen LogP contribution in [0, 0.1) is 0 Å². The Hall–Kier alpha value is -2.86. The van der Waals surface area contributed by atoms with Gasteiger partial charge >= 0.3 is 12.1 Å². The zero-order valence-electron chi connectivity index (χ0n) is 16.6. The second-order valence-electron chi connectivity index (χ2n) is 7.42. The van der Waals surface area contributed by atoms with Crippen molar-refractivity contribution in [2.45, 2.75) is 43.7 Å². The molecule has 2 aromatic carbocycles. The highest BCUT2D eigenvalue weighted by atomic mass is 16.6.